The Kier molecular flexibility index (Phi) is 4.12. The van der Waals surface area contributed by atoms with Crippen molar-refractivity contribution >= 4 is 22.7 Å². The van der Waals surface area contributed by atoms with Crippen molar-refractivity contribution in [3.8, 4) is 11.5 Å². The first-order valence-corrected chi connectivity index (χ1v) is 7.30. The summed E-state index contributed by atoms with van der Waals surface area (Å²) in [6.07, 6.45) is 1.45. The minimum atomic E-state index is -4.35. The monoisotopic (exact) mass is 339 g/mol. The van der Waals surface area contributed by atoms with Gasteiger partial charge in [-0.05, 0) is 60.3 Å². The lowest BCUT2D eigenvalue weighted by Gasteiger charge is -2.10. The molecule has 0 bridgehead atoms. The van der Waals surface area contributed by atoms with Gasteiger partial charge in [0.05, 0.1) is 5.52 Å². The number of hydrogen-bond donors (Lipinski definition) is 0. The predicted octanol–water partition coefficient (Wildman–Crippen LogP) is 5.78. The first-order valence-electron chi connectivity index (χ1n) is 6.49. The van der Waals surface area contributed by atoms with Crippen molar-refractivity contribution in [2.45, 2.75) is 10.4 Å². The highest BCUT2D eigenvalue weighted by molar-refractivity contribution is 8.00. The summed E-state index contributed by atoms with van der Waals surface area (Å²) in [4.78, 5) is 4.12. The van der Waals surface area contributed by atoms with E-state index >= 15 is 0 Å². The maximum absolute atomic E-state index is 12.9. The molecule has 118 valence electrons. The zero-order chi connectivity index (χ0) is 16.4. The number of hydrogen-bond acceptors (Lipinski definition) is 3. The van der Waals surface area contributed by atoms with E-state index in [4.69, 9.17) is 4.74 Å². The zero-order valence-electron chi connectivity index (χ0n) is 11.5. The lowest BCUT2D eigenvalue weighted by Crippen LogP contribution is -1.99. The lowest BCUT2D eigenvalue weighted by molar-refractivity contribution is -0.0328. The van der Waals surface area contributed by atoms with Crippen molar-refractivity contribution in [3.05, 3.63) is 60.5 Å². The Morgan fingerprint density at radius 2 is 1.70 bits per heavy atom. The van der Waals surface area contributed by atoms with Crippen LogP contribution in [0.2, 0.25) is 0 Å². The van der Waals surface area contributed by atoms with Gasteiger partial charge >= 0.3 is 5.51 Å². The first kappa shape index (κ1) is 15.6. The van der Waals surface area contributed by atoms with E-state index in [-0.39, 0.29) is 22.5 Å². The standard InChI is InChI=1S/C16H9F4NOS/c17-10-1-3-11(4-2-10)22-15-7-8-21-14-9-12(5-6-13(14)15)23-16(18,19)20/h1-9H. The number of fused-ring (bicyclic) bond motifs is 1. The predicted molar refractivity (Wildman–Crippen MR) is 80.1 cm³/mol. The Hall–Kier alpha value is -2.28. The van der Waals surface area contributed by atoms with Crippen molar-refractivity contribution < 1.29 is 22.3 Å². The molecule has 0 fully saturated rings. The number of ether oxygens (including phenoxy) is 1. The molecule has 3 aromatic rings. The van der Waals surface area contributed by atoms with E-state index in [0.717, 1.165) is 0 Å². The van der Waals surface area contributed by atoms with Crippen LogP contribution >= 0.6 is 11.8 Å². The average molecular weight is 339 g/mol. The Morgan fingerprint density at radius 3 is 2.39 bits per heavy atom. The average Bonchev–Trinajstić information content (AvgIpc) is 2.48. The number of thioether (sulfide) groups is 1. The summed E-state index contributed by atoms with van der Waals surface area (Å²) in [5, 5.41) is 0.573. The molecule has 2 nitrogen and oxygen atoms in total. The number of rotatable bonds is 3. The molecule has 0 aliphatic carbocycles. The highest BCUT2D eigenvalue weighted by atomic mass is 32.2. The number of aromatic nitrogens is 1. The highest BCUT2D eigenvalue weighted by Crippen LogP contribution is 2.39. The quantitative estimate of drug-likeness (QED) is 0.446. The van der Waals surface area contributed by atoms with Crippen LogP contribution in [0.4, 0.5) is 17.6 Å². The summed E-state index contributed by atoms with van der Waals surface area (Å²) in [6, 6.07) is 11.3. The summed E-state index contributed by atoms with van der Waals surface area (Å²) >= 11 is -0.195. The van der Waals surface area contributed by atoms with Gasteiger partial charge in [0.1, 0.15) is 17.3 Å². The van der Waals surface area contributed by atoms with Crippen LogP contribution in [0, 0.1) is 5.82 Å². The van der Waals surface area contributed by atoms with E-state index in [1.807, 2.05) is 0 Å². The molecule has 0 radical (unpaired) electrons. The van der Waals surface area contributed by atoms with Crippen molar-refractivity contribution in [1.82, 2.24) is 4.98 Å². The fourth-order valence-corrected chi connectivity index (χ4v) is 2.59. The molecule has 0 amide bonds. The number of halogens is 4. The van der Waals surface area contributed by atoms with Crippen molar-refractivity contribution in [2.75, 3.05) is 0 Å². The van der Waals surface area contributed by atoms with Crippen molar-refractivity contribution in [2.24, 2.45) is 0 Å². The van der Waals surface area contributed by atoms with Crippen LogP contribution in [-0.4, -0.2) is 10.5 Å². The van der Waals surface area contributed by atoms with Crippen LogP contribution in [0.1, 0.15) is 0 Å². The molecule has 1 aromatic heterocycles. The second kappa shape index (κ2) is 6.08. The fraction of sp³-hybridized carbons (Fsp3) is 0.0625. The number of benzene rings is 2. The van der Waals surface area contributed by atoms with Gasteiger partial charge in [0.2, 0.25) is 0 Å². The van der Waals surface area contributed by atoms with Crippen molar-refractivity contribution in [3.63, 3.8) is 0 Å². The molecule has 0 spiro atoms. The van der Waals surface area contributed by atoms with E-state index in [9.17, 15) is 17.6 Å². The van der Waals surface area contributed by atoms with Crippen LogP contribution < -0.4 is 4.74 Å². The summed E-state index contributed by atoms with van der Waals surface area (Å²) in [7, 11) is 0. The van der Waals surface area contributed by atoms with Gasteiger partial charge in [0.15, 0.2) is 0 Å². The van der Waals surface area contributed by atoms with Crippen LogP contribution in [-0.2, 0) is 0 Å². The summed E-state index contributed by atoms with van der Waals surface area (Å²) in [5.41, 5.74) is -3.96. The van der Waals surface area contributed by atoms with Crippen molar-refractivity contribution in [1.29, 1.82) is 0 Å². The molecule has 1 heterocycles. The van der Waals surface area contributed by atoms with Gasteiger partial charge in [0.25, 0.3) is 0 Å². The lowest BCUT2D eigenvalue weighted by atomic mass is 10.2. The molecule has 23 heavy (non-hydrogen) atoms. The second-order valence-electron chi connectivity index (χ2n) is 4.59. The molecule has 7 heteroatoms. The molecule has 0 saturated heterocycles. The van der Waals surface area contributed by atoms with Crippen LogP contribution in [0.5, 0.6) is 11.5 Å². The Bertz CT molecular complexity index is 834. The number of pyridine rings is 1. The Balaban J connectivity index is 1.94. The zero-order valence-corrected chi connectivity index (χ0v) is 12.3. The topological polar surface area (TPSA) is 22.1 Å². The molecule has 0 N–H and O–H groups in total. The molecule has 3 rings (SSSR count). The molecular weight excluding hydrogens is 330 g/mol. The molecule has 0 saturated carbocycles. The van der Waals surface area contributed by atoms with Gasteiger partial charge < -0.3 is 4.74 Å². The van der Waals surface area contributed by atoms with E-state index in [0.29, 0.717) is 22.4 Å². The third-order valence-electron chi connectivity index (χ3n) is 2.95. The van der Waals surface area contributed by atoms with Gasteiger partial charge in [-0.3, -0.25) is 4.98 Å². The van der Waals surface area contributed by atoms with Crippen LogP contribution in [0.15, 0.2) is 59.6 Å². The fourth-order valence-electron chi connectivity index (χ4n) is 2.02. The number of alkyl halides is 3. The Labute approximate surface area is 133 Å². The van der Waals surface area contributed by atoms with E-state index in [1.165, 1.54) is 48.7 Å². The third kappa shape index (κ3) is 3.92. The smallest absolute Gasteiger partial charge is 0.446 e. The molecule has 0 aliphatic rings. The molecule has 0 atom stereocenters. The maximum atomic E-state index is 12.9. The van der Waals surface area contributed by atoms with Gasteiger partial charge in [-0.25, -0.2) is 4.39 Å². The minimum Gasteiger partial charge on any atom is -0.457 e. The first-order chi connectivity index (χ1) is 10.9. The second-order valence-corrected chi connectivity index (χ2v) is 5.73. The van der Waals surface area contributed by atoms with E-state index < -0.39 is 5.51 Å². The van der Waals surface area contributed by atoms with Gasteiger partial charge in [0, 0.05) is 16.5 Å². The van der Waals surface area contributed by atoms with Gasteiger partial charge in [-0.15, -0.1) is 0 Å². The summed E-state index contributed by atoms with van der Waals surface area (Å²) < 4.78 is 55.8. The van der Waals surface area contributed by atoms with Crippen LogP contribution in [0.25, 0.3) is 10.9 Å². The summed E-state index contributed by atoms with van der Waals surface area (Å²) in [5.74, 6) is 0.476. The van der Waals surface area contributed by atoms with Gasteiger partial charge in [-0.2, -0.15) is 13.2 Å². The SMILES string of the molecule is Fc1ccc(Oc2ccnc3cc(SC(F)(F)F)ccc23)cc1. The highest BCUT2D eigenvalue weighted by Gasteiger charge is 2.29. The van der Waals surface area contributed by atoms with Crippen LogP contribution in [0.3, 0.4) is 0 Å². The Morgan fingerprint density at radius 1 is 0.957 bits per heavy atom. The molecule has 2 aromatic carbocycles. The molecular formula is C16H9F4NOS. The third-order valence-corrected chi connectivity index (χ3v) is 3.67. The number of nitrogens with zero attached hydrogens (tertiary/aromatic N) is 1. The normalized spacial score (nSPS) is 11.7. The largest absolute Gasteiger partial charge is 0.457 e. The summed E-state index contributed by atoms with van der Waals surface area (Å²) in [6.45, 7) is 0. The minimum absolute atomic E-state index is 0.0523. The van der Waals surface area contributed by atoms with E-state index in [1.54, 1.807) is 6.07 Å². The van der Waals surface area contributed by atoms with Gasteiger partial charge in [-0.1, -0.05) is 0 Å². The molecule has 0 aliphatic heterocycles. The maximum Gasteiger partial charge on any atom is 0.446 e. The molecule has 0 unspecified atom stereocenters. The van der Waals surface area contributed by atoms with E-state index in [2.05, 4.69) is 4.98 Å².